The van der Waals surface area contributed by atoms with E-state index in [0.29, 0.717) is 18.8 Å². The molecule has 0 aliphatic heterocycles. The van der Waals surface area contributed by atoms with Crippen LogP contribution in [0.1, 0.15) is 12.2 Å². The molecule has 18 heavy (non-hydrogen) atoms. The Balaban J connectivity index is 2.28. The van der Waals surface area contributed by atoms with Crippen LogP contribution in [0, 0.1) is 0 Å². The Kier molecular flexibility index (Phi) is 3.87. The number of nitrogens with zero attached hydrogens (tertiary/aromatic N) is 3. The van der Waals surface area contributed by atoms with Crippen molar-refractivity contribution in [2.75, 3.05) is 14.1 Å². The van der Waals surface area contributed by atoms with E-state index < -0.39 is 0 Å². The van der Waals surface area contributed by atoms with Crippen molar-refractivity contribution in [1.29, 1.82) is 0 Å². The zero-order chi connectivity index (χ0) is 13.1. The summed E-state index contributed by atoms with van der Waals surface area (Å²) in [5.41, 5.74) is 1.95. The first kappa shape index (κ1) is 12.9. The summed E-state index contributed by atoms with van der Waals surface area (Å²) >= 11 is 5.90. The number of aryl methyl sites for hydroxylation is 1. The summed E-state index contributed by atoms with van der Waals surface area (Å²) in [7, 11) is 3.52. The topological polar surface area (TPSA) is 38.1 Å². The van der Waals surface area contributed by atoms with Gasteiger partial charge in [0.05, 0.1) is 16.9 Å². The summed E-state index contributed by atoms with van der Waals surface area (Å²) in [6.07, 6.45) is 0.456. The van der Waals surface area contributed by atoms with Gasteiger partial charge in [0, 0.05) is 27.1 Å². The molecule has 0 spiro atoms. The number of para-hydroxylation sites is 2. The van der Waals surface area contributed by atoms with Crippen LogP contribution in [0.15, 0.2) is 24.3 Å². The number of halogens is 1. The molecule has 1 amide bonds. The first-order chi connectivity index (χ1) is 8.63. The van der Waals surface area contributed by atoms with Crippen LogP contribution in [0.25, 0.3) is 11.0 Å². The van der Waals surface area contributed by atoms with Crippen molar-refractivity contribution in [1.82, 2.24) is 14.5 Å². The van der Waals surface area contributed by atoms with Crippen LogP contribution in [0.2, 0.25) is 0 Å². The summed E-state index contributed by atoms with van der Waals surface area (Å²) in [5.74, 6) is 1.27. The highest BCUT2D eigenvalue weighted by Gasteiger charge is 2.11. The number of amides is 1. The highest BCUT2D eigenvalue weighted by Crippen LogP contribution is 2.17. The van der Waals surface area contributed by atoms with Gasteiger partial charge in [-0.15, -0.1) is 11.6 Å². The number of rotatable bonds is 4. The molecule has 1 aromatic carbocycles. The van der Waals surface area contributed by atoms with Gasteiger partial charge < -0.3 is 9.47 Å². The number of benzene rings is 1. The molecule has 0 unspecified atom stereocenters. The molecule has 0 saturated heterocycles. The second-order valence-electron chi connectivity index (χ2n) is 4.34. The van der Waals surface area contributed by atoms with Crippen LogP contribution in [-0.2, 0) is 17.2 Å². The van der Waals surface area contributed by atoms with Crippen LogP contribution in [0.4, 0.5) is 0 Å². The van der Waals surface area contributed by atoms with Gasteiger partial charge in [-0.1, -0.05) is 12.1 Å². The number of carbonyl (C=O) groups excluding carboxylic acids is 1. The minimum atomic E-state index is 0.105. The molecule has 0 atom stereocenters. The number of imidazole rings is 1. The number of aromatic nitrogens is 2. The van der Waals surface area contributed by atoms with E-state index in [1.54, 1.807) is 19.0 Å². The molecule has 0 saturated carbocycles. The Labute approximate surface area is 111 Å². The van der Waals surface area contributed by atoms with Gasteiger partial charge in [-0.05, 0) is 12.1 Å². The van der Waals surface area contributed by atoms with Crippen molar-refractivity contribution in [3.63, 3.8) is 0 Å². The van der Waals surface area contributed by atoms with Crippen LogP contribution >= 0.6 is 11.6 Å². The highest BCUT2D eigenvalue weighted by molar-refractivity contribution is 6.16. The number of alkyl halides is 1. The predicted octanol–water partition coefficient (Wildman–Crippen LogP) is 2.25. The molecule has 4 nitrogen and oxygen atoms in total. The maximum absolute atomic E-state index is 11.6. The third-order valence-corrected chi connectivity index (χ3v) is 3.14. The average Bonchev–Trinajstić information content (AvgIpc) is 2.73. The van der Waals surface area contributed by atoms with E-state index in [4.69, 9.17) is 11.6 Å². The zero-order valence-corrected chi connectivity index (χ0v) is 11.3. The van der Waals surface area contributed by atoms with E-state index in [9.17, 15) is 4.79 Å². The quantitative estimate of drug-likeness (QED) is 0.796. The fourth-order valence-corrected chi connectivity index (χ4v) is 2.11. The van der Waals surface area contributed by atoms with E-state index in [-0.39, 0.29) is 5.91 Å². The Bertz CT molecular complexity index is 562. The number of hydrogen-bond donors (Lipinski definition) is 0. The summed E-state index contributed by atoms with van der Waals surface area (Å²) in [6.45, 7) is 0.611. The van der Waals surface area contributed by atoms with Crippen LogP contribution in [-0.4, -0.2) is 34.5 Å². The van der Waals surface area contributed by atoms with Crippen LogP contribution < -0.4 is 0 Å². The first-order valence-electron chi connectivity index (χ1n) is 5.83. The predicted molar refractivity (Wildman–Crippen MR) is 72.6 cm³/mol. The Morgan fingerprint density at radius 1 is 1.39 bits per heavy atom. The Hall–Kier alpha value is -1.55. The third kappa shape index (κ3) is 2.48. The van der Waals surface area contributed by atoms with Crippen molar-refractivity contribution >= 4 is 28.5 Å². The number of carbonyl (C=O) groups is 1. The molecule has 0 N–H and O–H groups in total. The molecule has 2 aromatic rings. The molecule has 0 radical (unpaired) electrons. The highest BCUT2D eigenvalue weighted by atomic mass is 35.5. The van der Waals surface area contributed by atoms with Crippen molar-refractivity contribution in [2.24, 2.45) is 0 Å². The number of hydrogen-bond acceptors (Lipinski definition) is 2. The van der Waals surface area contributed by atoms with Gasteiger partial charge in [0.2, 0.25) is 5.91 Å². The standard InChI is InChI=1S/C13H16ClN3O/c1-16(2)13(18)7-8-17-11-6-4-3-5-10(11)15-12(17)9-14/h3-6H,7-9H2,1-2H3. The maximum Gasteiger partial charge on any atom is 0.223 e. The Morgan fingerprint density at radius 2 is 2.11 bits per heavy atom. The maximum atomic E-state index is 11.6. The second-order valence-corrected chi connectivity index (χ2v) is 4.61. The molecule has 5 heteroatoms. The molecular formula is C13H16ClN3O. The van der Waals surface area contributed by atoms with E-state index in [2.05, 4.69) is 4.98 Å². The molecule has 0 aliphatic carbocycles. The lowest BCUT2D eigenvalue weighted by Gasteiger charge is -2.12. The van der Waals surface area contributed by atoms with Gasteiger partial charge in [0.1, 0.15) is 5.82 Å². The molecule has 0 aliphatic rings. The van der Waals surface area contributed by atoms with E-state index in [1.165, 1.54) is 0 Å². The van der Waals surface area contributed by atoms with Crippen molar-refractivity contribution in [2.45, 2.75) is 18.8 Å². The third-order valence-electron chi connectivity index (χ3n) is 2.90. The molecule has 1 aromatic heterocycles. The zero-order valence-electron chi connectivity index (χ0n) is 10.6. The summed E-state index contributed by atoms with van der Waals surface area (Å²) in [4.78, 5) is 17.7. The summed E-state index contributed by atoms with van der Waals surface area (Å²) in [6, 6.07) is 7.86. The molecule has 0 bridgehead atoms. The molecule has 0 fully saturated rings. The molecular weight excluding hydrogens is 250 g/mol. The van der Waals surface area contributed by atoms with Gasteiger partial charge >= 0.3 is 0 Å². The lowest BCUT2D eigenvalue weighted by molar-refractivity contribution is -0.128. The summed E-state index contributed by atoms with van der Waals surface area (Å²) < 4.78 is 2.02. The van der Waals surface area contributed by atoms with E-state index in [0.717, 1.165) is 16.9 Å². The monoisotopic (exact) mass is 265 g/mol. The second kappa shape index (κ2) is 5.40. The minimum absolute atomic E-state index is 0.105. The van der Waals surface area contributed by atoms with E-state index >= 15 is 0 Å². The largest absolute Gasteiger partial charge is 0.349 e. The van der Waals surface area contributed by atoms with Gasteiger partial charge in [-0.25, -0.2) is 4.98 Å². The van der Waals surface area contributed by atoms with Gasteiger partial charge in [0.15, 0.2) is 0 Å². The molecule has 2 rings (SSSR count). The van der Waals surface area contributed by atoms with Crippen LogP contribution in [0.5, 0.6) is 0 Å². The minimum Gasteiger partial charge on any atom is -0.349 e. The molecule has 96 valence electrons. The Morgan fingerprint density at radius 3 is 2.78 bits per heavy atom. The van der Waals surface area contributed by atoms with Gasteiger partial charge in [0.25, 0.3) is 0 Å². The number of fused-ring (bicyclic) bond motifs is 1. The van der Waals surface area contributed by atoms with E-state index in [1.807, 2.05) is 28.8 Å². The smallest absolute Gasteiger partial charge is 0.223 e. The average molecular weight is 266 g/mol. The normalized spacial score (nSPS) is 10.8. The van der Waals surface area contributed by atoms with Crippen molar-refractivity contribution < 1.29 is 4.79 Å². The SMILES string of the molecule is CN(C)C(=O)CCn1c(CCl)nc2ccccc21. The van der Waals surface area contributed by atoms with Gasteiger partial charge in [-0.2, -0.15) is 0 Å². The van der Waals surface area contributed by atoms with Crippen molar-refractivity contribution in [3.8, 4) is 0 Å². The van der Waals surface area contributed by atoms with Gasteiger partial charge in [-0.3, -0.25) is 4.79 Å². The lowest BCUT2D eigenvalue weighted by atomic mass is 10.3. The van der Waals surface area contributed by atoms with Crippen LogP contribution in [0.3, 0.4) is 0 Å². The lowest BCUT2D eigenvalue weighted by Crippen LogP contribution is -2.23. The molecule has 1 heterocycles. The fourth-order valence-electron chi connectivity index (χ4n) is 1.91. The van der Waals surface area contributed by atoms with Crippen molar-refractivity contribution in [3.05, 3.63) is 30.1 Å². The fraction of sp³-hybridized carbons (Fsp3) is 0.385. The summed E-state index contributed by atoms with van der Waals surface area (Å²) in [5, 5.41) is 0. The first-order valence-corrected chi connectivity index (χ1v) is 6.37.